The summed E-state index contributed by atoms with van der Waals surface area (Å²) in [6.45, 7) is 0. The number of hydrogen-bond donors (Lipinski definition) is 2. The first-order valence-corrected chi connectivity index (χ1v) is 6.41. The monoisotopic (exact) mass is 309 g/mol. The average molecular weight is 310 g/mol. The van der Waals surface area contributed by atoms with Gasteiger partial charge in [-0.1, -0.05) is 11.6 Å². The van der Waals surface area contributed by atoms with Crippen molar-refractivity contribution in [3.05, 3.63) is 46.9 Å². The molecule has 21 heavy (non-hydrogen) atoms. The quantitative estimate of drug-likeness (QED) is 0.910. The minimum atomic E-state index is -0.558. The number of aromatic nitrogens is 1. The molecule has 0 aliphatic carbocycles. The maximum atomic E-state index is 13.5. The first-order valence-electron chi connectivity index (χ1n) is 6.03. The predicted octanol–water partition coefficient (Wildman–Crippen LogP) is 3.18. The Morgan fingerprint density at radius 3 is 2.71 bits per heavy atom. The first kappa shape index (κ1) is 15.1. The molecule has 0 atom stereocenters. The molecule has 0 unspecified atom stereocenters. The van der Waals surface area contributed by atoms with E-state index < -0.39 is 11.7 Å². The predicted molar refractivity (Wildman–Crippen MR) is 79.7 cm³/mol. The van der Waals surface area contributed by atoms with E-state index in [1.54, 1.807) is 7.05 Å². The van der Waals surface area contributed by atoms with Crippen LogP contribution >= 0.6 is 11.6 Å². The zero-order valence-corrected chi connectivity index (χ0v) is 12.2. The Morgan fingerprint density at radius 1 is 1.38 bits per heavy atom. The summed E-state index contributed by atoms with van der Waals surface area (Å²) in [6.07, 6.45) is 1.38. The number of hydrogen-bond acceptors (Lipinski definition) is 4. The molecule has 1 amide bonds. The summed E-state index contributed by atoms with van der Waals surface area (Å²) in [5, 5.41) is 5.68. The smallest absolute Gasteiger partial charge is 0.257 e. The maximum absolute atomic E-state index is 13.5. The summed E-state index contributed by atoms with van der Waals surface area (Å²) in [5.74, 6) is -0.409. The van der Waals surface area contributed by atoms with Crippen LogP contribution in [0.25, 0.3) is 0 Å². The summed E-state index contributed by atoms with van der Waals surface area (Å²) in [6, 6.07) is 5.63. The van der Waals surface area contributed by atoms with E-state index in [2.05, 4.69) is 15.6 Å². The average Bonchev–Trinajstić information content (AvgIpc) is 2.47. The van der Waals surface area contributed by atoms with E-state index in [1.165, 1.54) is 37.6 Å². The third-order valence-corrected chi connectivity index (χ3v) is 3.04. The van der Waals surface area contributed by atoms with Crippen LogP contribution in [-0.2, 0) is 0 Å². The summed E-state index contributed by atoms with van der Waals surface area (Å²) in [7, 11) is 3.04. The van der Waals surface area contributed by atoms with Gasteiger partial charge in [-0.15, -0.1) is 0 Å². The van der Waals surface area contributed by atoms with E-state index >= 15 is 0 Å². The zero-order valence-electron chi connectivity index (χ0n) is 11.4. The second-order valence-electron chi connectivity index (χ2n) is 4.11. The van der Waals surface area contributed by atoms with Gasteiger partial charge < -0.3 is 15.4 Å². The van der Waals surface area contributed by atoms with Crippen molar-refractivity contribution in [3.63, 3.8) is 0 Å². The van der Waals surface area contributed by atoms with Gasteiger partial charge in [0.25, 0.3) is 5.91 Å². The minimum Gasteiger partial charge on any atom is -0.494 e. The van der Waals surface area contributed by atoms with Crippen LogP contribution in [0.5, 0.6) is 5.75 Å². The SMILES string of the molecule is CNc1ncc(C(=O)Nc2ccc(OC)c(F)c2)cc1Cl. The second-order valence-corrected chi connectivity index (χ2v) is 4.52. The van der Waals surface area contributed by atoms with Gasteiger partial charge in [0.05, 0.1) is 17.7 Å². The number of nitrogens with one attached hydrogen (secondary N) is 2. The number of anilines is 2. The van der Waals surface area contributed by atoms with E-state index in [-0.39, 0.29) is 11.3 Å². The molecule has 110 valence electrons. The standard InChI is InChI=1S/C14H13ClFN3O2/c1-17-13-10(15)5-8(7-18-13)14(20)19-9-3-4-12(21-2)11(16)6-9/h3-7H,1-2H3,(H,17,18)(H,19,20). The van der Waals surface area contributed by atoms with Gasteiger partial charge in [-0.3, -0.25) is 4.79 Å². The third-order valence-electron chi connectivity index (χ3n) is 2.75. The van der Waals surface area contributed by atoms with Crippen LogP contribution in [0.4, 0.5) is 15.9 Å². The highest BCUT2D eigenvalue weighted by Crippen LogP contribution is 2.22. The molecule has 7 heteroatoms. The molecule has 0 radical (unpaired) electrons. The summed E-state index contributed by atoms with van der Waals surface area (Å²) in [4.78, 5) is 16.1. The van der Waals surface area contributed by atoms with Crippen molar-refractivity contribution >= 4 is 29.0 Å². The highest BCUT2D eigenvalue weighted by atomic mass is 35.5. The Morgan fingerprint density at radius 2 is 2.14 bits per heavy atom. The van der Waals surface area contributed by atoms with Crippen molar-refractivity contribution in [2.75, 3.05) is 24.8 Å². The third kappa shape index (κ3) is 3.41. The van der Waals surface area contributed by atoms with Crippen molar-refractivity contribution in [2.45, 2.75) is 0 Å². The number of benzene rings is 1. The molecule has 0 bridgehead atoms. The van der Waals surface area contributed by atoms with Crippen LogP contribution < -0.4 is 15.4 Å². The lowest BCUT2D eigenvalue weighted by Crippen LogP contribution is -2.13. The van der Waals surface area contributed by atoms with Crippen molar-refractivity contribution in [2.24, 2.45) is 0 Å². The number of nitrogens with zero attached hydrogens (tertiary/aromatic N) is 1. The van der Waals surface area contributed by atoms with Crippen LogP contribution in [0.15, 0.2) is 30.5 Å². The molecule has 0 spiro atoms. The van der Waals surface area contributed by atoms with Crippen LogP contribution in [0.1, 0.15) is 10.4 Å². The van der Waals surface area contributed by atoms with Crippen LogP contribution in [0.2, 0.25) is 5.02 Å². The Balaban J connectivity index is 2.18. The molecule has 5 nitrogen and oxygen atoms in total. The lowest BCUT2D eigenvalue weighted by Gasteiger charge is -2.08. The molecule has 0 fully saturated rings. The Labute approximate surface area is 126 Å². The first-order chi connectivity index (χ1) is 10.0. The van der Waals surface area contributed by atoms with E-state index in [0.717, 1.165) is 0 Å². The minimum absolute atomic E-state index is 0.107. The largest absolute Gasteiger partial charge is 0.494 e. The van der Waals surface area contributed by atoms with Gasteiger partial charge in [0, 0.05) is 25.0 Å². The molecule has 1 heterocycles. The van der Waals surface area contributed by atoms with Gasteiger partial charge in [-0.2, -0.15) is 0 Å². The Hall–Kier alpha value is -2.34. The van der Waals surface area contributed by atoms with E-state index in [1.807, 2.05) is 0 Å². The van der Waals surface area contributed by atoms with Crippen LogP contribution in [-0.4, -0.2) is 25.0 Å². The van der Waals surface area contributed by atoms with Gasteiger partial charge in [0.1, 0.15) is 5.82 Å². The molecular weight excluding hydrogens is 297 g/mol. The second kappa shape index (κ2) is 6.41. The fraction of sp³-hybridized carbons (Fsp3) is 0.143. The van der Waals surface area contributed by atoms with E-state index in [0.29, 0.717) is 16.5 Å². The van der Waals surface area contributed by atoms with E-state index in [9.17, 15) is 9.18 Å². The molecule has 2 N–H and O–H groups in total. The maximum Gasteiger partial charge on any atom is 0.257 e. The molecule has 2 rings (SSSR count). The van der Waals surface area contributed by atoms with Crippen molar-refractivity contribution in [1.82, 2.24) is 4.98 Å². The van der Waals surface area contributed by atoms with Gasteiger partial charge >= 0.3 is 0 Å². The fourth-order valence-electron chi connectivity index (χ4n) is 1.69. The van der Waals surface area contributed by atoms with Gasteiger partial charge in [-0.25, -0.2) is 9.37 Å². The zero-order chi connectivity index (χ0) is 15.4. The number of ether oxygens (including phenoxy) is 1. The number of carbonyl (C=O) groups excluding carboxylic acids is 1. The molecule has 0 aliphatic rings. The summed E-state index contributed by atoms with van der Waals surface area (Å²) < 4.78 is 18.4. The van der Waals surface area contributed by atoms with Gasteiger partial charge in [0.2, 0.25) is 0 Å². The molecule has 0 saturated heterocycles. The summed E-state index contributed by atoms with van der Waals surface area (Å²) >= 11 is 5.96. The van der Waals surface area contributed by atoms with Gasteiger partial charge in [0.15, 0.2) is 11.6 Å². The molecule has 2 aromatic rings. The highest BCUT2D eigenvalue weighted by Gasteiger charge is 2.11. The number of halogens is 2. The molecule has 0 saturated carbocycles. The number of pyridine rings is 1. The number of carbonyl (C=O) groups is 1. The Kier molecular flexibility index (Phi) is 4.59. The van der Waals surface area contributed by atoms with Crippen molar-refractivity contribution in [1.29, 1.82) is 0 Å². The fourth-order valence-corrected chi connectivity index (χ4v) is 1.95. The van der Waals surface area contributed by atoms with Crippen molar-refractivity contribution in [3.8, 4) is 5.75 Å². The van der Waals surface area contributed by atoms with Crippen LogP contribution in [0.3, 0.4) is 0 Å². The molecule has 1 aromatic carbocycles. The molecule has 0 aliphatic heterocycles. The number of rotatable bonds is 4. The molecule has 1 aromatic heterocycles. The lowest BCUT2D eigenvalue weighted by molar-refractivity contribution is 0.102. The number of methoxy groups -OCH3 is 1. The topological polar surface area (TPSA) is 63.2 Å². The highest BCUT2D eigenvalue weighted by molar-refractivity contribution is 6.33. The van der Waals surface area contributed by atoms with Gasteiger partial charge in [-0.05, 0) is 18.2 Å². The number of amides is 1. The normalized spacial score (nSPS) is 10.1. The van der Waals surface area contributed by atoms with Crippen molar-refractivity contribution < 1.29 is 13.9 Å². The van der Waals surface area contributed by atoms with Crippen LogP contribution in [0, 0.1) is 5.82 Å². The molecular formula is C14H13ClFN3O2. The Bertz CT molecular complexity index is 679. The summed E-state index contributed by atoms with van der Waals surface area (Å²) in [5.41, 5.74) is 0.586. The lowest BCUT2D eigenvalue weighted by atomic mass is 10.2. The van der Waals surface area contributed by atoms with E-state index in [4.69, 9.17) is 16.3 Å².